The minimum atomic E-state index is -0.763. The van der Waals surface area contributed by atoms with Gasteiger partial charge in [-0.1, -0.05) is 43.5 Å². The van der Waals surface area contributed by atoms with E-state index in [-0.39, 0.29) is 6.42 Å². The molecule has 2 saturated heterocycles. The number of carbonyl (C=O) groups is 1. The summed E-state index contributed by atoms with van der Waals surface area (Å²) in [6.45, 7) is 9.45. The number of aromatic nitrogens is 4. The largest absolute Gasteiger partial charge is 0.481 e. The maximum Gasteiger partial charge on any atom is 0.303 e. The van der Waals surface area contributed by atoms with Crippen molar-refractivity contribution in [1.29, 1.82) is 0 Å². The molecule has 2 aromatic heterocycles. The van der Waals surface area contributed by atoms with Crippen LogP contribution in [0.25, 0.3) is 0 Å². The first-order valence-electron chi connectivity index (χ1n) is 17.0. The number of hydrogen-bond acceptors (Lipinski definition) is 6. The van der Waals surface area contributed by atoms with E-state index in [9.17, 15) is 4.79 Å². The maximum atomic E-state index is 11.1. The van der Waals surface area contributed by atoms with Gasteiger partial charge < -0.3 is 24.5 Å². The molecule has 0 amide bonds. The lowest BCUT2D eigenvalue weighted by Gasteiger charge is -2.44. The van der Waals surface area contributed by atoms with Crippen molar-refractivity contribution in [3.63, 3.8) is 0 Å². The van der Waals surface area contributed by atoms with Gasteiger partial charge in [-0.2, -0.15) is 0 Å². The lowest BCUT2D eigenvalue weighted by Crippen LogP contribution is -2.46. The van der Waals surface area contributed by atoms with E-state index >= 15 is 0 Å². The third-order valence-corrected chi connectivity index (χ3v) is 10.5. The molecule has 2 N–H and O–H groups in total. The highest BCUT2D eigenvalue weighted by atomic mass is 16.4. The van der Waals surface area contributed by atoms with Gasteiger partial charge >= 0.3 is 5.97 Å². The Balaban J connectivity index is 1.00. The van der Waals surface area contributed by atoms with Crippen LogP contribution in [0.2, 0.25) is 0 Å². The number of carboxylic acids is 1. The molecule has 3 fully saturated rings. The second-order valence-electron chi connectivity index (χ2n) is 13.6. The van der Waals surface area contributed by atoms with Gasteiger partial charge in [-0.05, 0) is 87.7 Å². The van der Waals surface area contributed by atoms with Crippen molar-refractivity contribution >= 4 is 5.97 Å². The Labute approximate surface area is 262 Å². The first-order chi connectivity index (χ1) is 21.5. The SMILES string of the molecule is O=C(O)CCc1cccc(CN(Cc2ncc[nH]2)Cc2nccn2CCCN2CCC3(CCN(C4CCCCC4)CC3)C2)c1. The van der Waals surface area contributed by atoms with E-state index in [0.717, 1.165) is 55.9 Å². The average molecular weight is 602 g/mol. The lowest BCUT2D eigenvalue weighted by molar-refractivity contribution is -0.136. The Hall–Kier alpha value is -3.01. The number of aryl methyl sites for hydroxylation is 2. The Morgan fingerprint density at radius 3 is 2.59 bits per heavy atom. The van der Waals surface area contributed by atoms with Crippen LogP contribution in [0.15, 0.2) is 49.1 Å². The molecular weight excluding hydrogens is 550 g/mol. The molecule has 44 heavy (non-hydrogen) atoms. The number of nitrogens with zero attached hydrogens (tertiary/aromatic N) is 6. The first kappa shape index (κ1) is 31.0. The second-order valence-corrected chi connectivity index (χ2v) is 13.6. The van der Waals surface area contributed by atoms with E-state index in [2.05, 4.69) is 47.6 Å². The van der Waals surface area contributed by atoms with E-state index in [1.54, 1.807) is 6.20 Å². The van der Waals surface area contributed by atoms with Gasteiger partial charge in [0.25, 0.3) is 0 Å². The molecular formula is C35H51N7O2. The van der Waals surface area contributed by atoms with E-state index in [0.29, 0.717) is 18.4 Å². The molecule has 0 bridgehead atoms. The number of carboxylic acid groups (broad SMARTS) is 1. The summed E-state index contributed by atoms with van der Waals surface area (Å²) in [5.74, 6) is 1.24. The van der Waals surface area contributed by atoms with Crippen molar-refractivity contribution in [2.75, 3.05) is 32.7 Å². The summed E-state index contributed by atoms with van der Waals surface area (Å²) in [5.41, 5.74) is 2.79. The molecule has 1 saturated carbocycles. The summed E-state index contributed by atoms with van der Waals surface area (Å²) in [7, 11) is 0. The Morgan fingerprint density at radius 1 is 0.977 bits per heavy atom. The molecule has 1 aliphatic carbocycles. The molecule has 0 unspecified atom stereocenters. The minimum absolute atomic E-state index is 0.147. The Kier molecular flexibility index (Phi) is 10.5. The van der Waals surface area contributed by atoms with Crippen LogP contribution in [0.1, 0.15) is 87.0 Å². The molecule has 6 rings (SSSR count). The zero-order chi connectivity index (χ0) is 30.2. The zero-order valence-electron chi connectivity index (χ0n) is 26.4. The Bertz CT molecular complexity index is 1310. The van der Waals surface area contributed by atoms with Gasteiger partial charge in [-0.25, -0.2) is 9.97 Å². The van der Waals surface area contributed by atoms with Gasteiger partial charge in [-0.3, -0.25) is 9.69 Å². The van der Waals surface area contributed by atoms with E-state index in [1.807, 2.05) is 24.5 Å². The highest BCUT2D eigenvalue weighted by Gasteiger charge is 2.41. The predicted octanol–water partition coefficient (Wildman–Crippen LogP) is 5.34. The van der Waals surface area contributed by atoms with E-state index in [1.165, 1.54) is 83.1 Å². The van der Waals surface area contributed by atoms with Crippen molar-refractivity contribution in [3.8, 4) is 0 Å². The molecule has 9 heteroatoms. The topological polar surface area (TPSA) is 93.5 Å². The fourth-order valence-corrected chi connectivity index (χ4v) is 7.95. The van der Waals surface area contributed by atoms with Crippen LogP contribution >= 0.6 is 0 Å². The molecule has 0 atom stereocenters. The molecule has 1 aromatic carbocycles. The second kappa shape index (κ2) is 14.8. The van der Waals surface area contributed by atoms with Gasteiger partial charge in [0.05, 0.1) is 13.1 Å². The van der Waals surface area contributed by atoms with Crippen LogP contribution in [0.3, 0.4) is 0 Å². The third kappa shape index (κ3) is 8.37. The zero-order valence-corrected chi connectivity index (χ0v) is 26.4. The normalized spacial score (nSPS) is 19.8. The number of likely N-dealkylation sites (tertiary alicyclic amines) is 2. The fourth-order valence-electron chi connectivity index (χ4n) is 7.95. The maximum absolute atomic E-state index is 11.1. The highest BCUT2D eigenvalue weighted by Crippen LogP contribution is 2.41. The van der Waals surface area contributed by atoms with Crippen molar-refractivity contribution in [2.45, 2.75) is 103 Å². The third-order valence-electron chi connectivity index (χ3n) is 10.5. The van der Waals surface area contributed by atoms with Gasteiger partial charge in [0.15, 0.2) is 0 Å². The molecule has 4 heterocycles. The number of piperidine rings is 1. The van der Waals surface area contributed by atoms with Crippen LogP contribution in [-0.4, -0.2) is 84.1 Å². The summed E-state index contributed by atoms with van der Waals surface area (Å²) >= 11 is 0. The number of benzene rings is 1. The summed E-state index contributed by atoms with van der Waals surface area (Å²) in [6.07, 6.45) is 20.9. The quantitative estimate of drug-likeness (QED) is 0.258. The molecule has 0 radical (unpaired) electrons. The van der Waals surface area contributed by atoms with Crippen LogP contribution in [-0.2, 0) is 37.4 Å². The lowest BCUT2D eigenvalue weighted by atomic mass is 9.77. The van der Waals surface area contributed by atoms with Crippen molar-refractivity contribution in [1.82, 2.24) is 34.2 Å². The van der Waals surface area contributed by atoms with Gasteiger partial charge in [0, 0.05) is 56.9 Å². The van der Waals surface area contributed by atoms with Gasteiger partial charge in [0.1, 0.15) is 11.6 Å². The number of rotatable bonds is 14. The molecule has 238 valence electrons. The molecule has 3 aliphatic rings. The van der Waals surface area contributed by atoms with E-state index in [4.69, 9.17) is 10.1 Å². The summed E-state index contributed by atoms with van der Waals surface area (Å²) in [5, 5.41) is 9.10. The number of aliphatic carboxylic acids is 1. The molecule has 1 spiro atoms. The van der Waals surface area contributed by atoms with Gasteiger partial charge in [0.2, 0.25) is 0 Å². The molecule has 9 nitrogen and oxygen atoms in total. The Morgan fingerprint density at radius 2 is 1.80 bits per heavy atom. The predicted molar refractivity (Wildman–Crippen MR) is 172 cm³/mol. The van der Waals surface area contributed by atoms with Crippen molar-refractivity contribution < 1.29 is 9.90 Å². The van der Waals surface area contributed by atoms with Gasteiger partial charge in [-0.15, -0.1) is 0 Å². The number of nitrogens with one attached hydrogen (secondary N) is 1. The minimum Gasteiger partial charge on any atom is -0.481 e. The van der Waals surface area contributed by atoms with Crippen LogP contribution in [0.5, 0.6) is 0 Å². The summed E-state index contributed by atoms with van der Waals surface area (Å²) in [6, 6.07) is 9.16. The molecule has 3 aromatic rings. The van der Waals surface area contributed by atoms with Crippen LogP contribution < -0.4 is 0 Å². The summed E-state index contributed by atoms with van der Waals surface area (Å²) < 4.78 is 2.33. The fraction of sp³-hybridized carbons (Fsp3) is 0.629. The number of aromatic amines is 1. The standard InChI is InChI=1S/C35H51N7O2/c43-34(44)11-10-29-6-4-7-30(24-29)25-40(26-32-36-15-16-37-32)27-33-38-17-23-42(33)19-5-18-39-20-12-35(28-39)13-21-41(22-14-35)31-8-2-1-3-9-31/h4,6-7,15-17,23-24,31H,1-3,5,8-14,18-22,25-28H2,(H,36,37)(H,43,44). The monoisotopic (exact) mass is 601 g/mol. The van der Waals surface area contributed by atoms with Crippen LogP contribution in [0, 0.1) is 5.41 Å². The smallest absolute Gasteiger partial charge is 0.303 e. The first-order valence-corrected chi connectivity index (χ1v) is 17.0. The number of hydrogen-bond donors (Lipinski definition) is 2. The summed E-state index contributed by atoms with van der Waals surface area (Å²) in [4.78, 5) is 31.5. The van der Waals surface area contributed by atoms with Crippen molar-refractivity contribution in [2.24, 2.45) is 5.41 Å². The number of H-pyrrole nitrogens is 1. The van der Waals surface area contributed by atoms with Crippen LogP contribution in [0.4, 0.5) is 0 Å². The highest BCUT2D eigenvalue weighted by molar-refractivity contribution is 5.67. The average Bonchev–Trinajstić information content (AvgIpc) is 3.80. The molecule has 2 aliphatic heterocycles. The number of imidazole rings is 2. The van der Waals surface area contributed by atoms with Crippen molar-refractivity contribution in [3.05, 3.63) is 71.8 Å². The van der Waals surface area contributed by atoms with E-state index < -0.39 is 5.97 Å².